The molecular weight excluding hydrogens is 352 g/mol. The van der Waals surface area contributed by atoms with Crippen molar-refractivity contribution in [3.63, 3.8) is 0 Å². The molecular formula is C23H30N2O3. The summed E-state index contributed by atoms with van der Waals surface area (Å²) in [4.78, 5) is 20.4. The van der Waals surface area contributed by atoms with Crippen LogP contribution in [-0.2, 0) is 9.53 Å². The van der Waals surface area contributed by atoms with Crippen LogP contribution in [0.4, 0.5) is 0 Å². The summed E-state index contributed by atoms with van der Waals surface area (Å²) in [5.74, 6) is 2.23. The molecule has 2 heterocycles. The van der Waals surface area contributed by atoms with E-state index in [1.54, 1.807) is 18.5 Å². The fraction of sp³-hybridized carbons (Fsp3) is 0.696. The van der Waals surface area contributed by atoms with Crippen LogP contribution in [0.1, 0.15) is 52.9 Å². The van der Waals surface area contributed by atoms with E-state index in [-0.39, 0.29) is 23.6 Å². The minimum atomic E-state index is -0.175. The number of ether oxygens (including phenoxy) is 2. The summed E-state index contributed by atoms with van der Waals surface area (Å²) in [6.07, 6.45) is 13.0. The Labute approximate surface area is 166 Å². The summed E-state index contributed by atoms with van der Waals surface area (Å²) in [7, 11) is 0. The predicted molar refractivity (Wildman–Crippen MR) is 104 cm³/mol. The van der Waals surface area contributed by atoms with Crippen molar-refractivity contribution in [3.05, 3.63) is 30.6 Å². The van der Waals surface area contributed by atoms with Gasteiger partial charge in [-0.15, -0.1) is 0 Å². The molecule has 0 aromatic carbocycles. The van der Waals surface area contributed by atoms with E-state index in [1.807, 2.05) is 6.07 Å². The molecule has 3 unspecified atom stereocenters. The summed E-state index contributed by atoms with van der Waals surface area (Å²) in [6.45, 7) is 7.14. The highest BCUT2D eigenvalue weighted by molar-refractivity contribution is 5.83. The van der Waals surface area contributed by atoms with Gasteiger partial charge < -0.3 is 9.47 Å². The molecule has 1 aromatic heterocycles. The number of hydrogen-bond donors (Lipinski definition) is 0. The quantitative estimate of drug-likeness (QED) is 0.718. The van der Waals surface area contributed by atoms with Crippen molar-refractivity contribution in [1.29, 1.82) is 0 Å². The lowest BCUT2D eigenvalue weighted by Crippen LogP contribution is -2.57. The minimum Gasteiger partial charge on any atom is -0.460 e. The van der Waals surface area contributed by atoms with Crippen LogP contribution in [0.15, 0.2) is 30.6 Å². The van der Waals surface area contributed by atoms with Gasteiger partial charge in [0, 0.05) is 23.9 Å². The highest BCUT2D eigenvalue weighted by atomic mass is 16.5. The van der Waals surface area contributed by atoms with Crippen LogP contribution < -0.4 is 4.74 Å². The molecule has 3 saturated carbocycles. The summed E-state index contributed by atoms with van der Waals surface area (Å²) >= 11 is 0. The number of fused-ring (bicyclic) bond motifs is 5. The molecule has 1 aliphatic heterocycles. The molecule has 0 saturated heterocycles. The zero-order valence-electron chi connectivity index (χ0n) is 17.0. The Kier molecular flexibility index (Phi) is 4.08. The maximum Gasteiger partial charge on any atom is 0.330 e. The number of carbonyl (C=O) groups excluding carboxylic acids is 1. The molecule has 3 fully saturated rings. The molecule has 0 spiro atoms. The molecule has 0 bridgehead atoms. The van der Waals surface area contributed by atoms with Crippen molar-refractivity contribution in [1.82, 2.24) is 9.97 Å². The Morgan fingerprint density at radius 2 is 1.96 bits per heavy atom. The van der Waals surface area contributed by atoms with Crippen molar-refractivity contribution in [3.8, 4) is 6.01 Å². The van der Waals surface area contributed by atoms with E-state index in [0.717, 1.165) is 19.3 Å². The van der Waals surface area contributed by atoms with Crippen LogP contribution in [0.3, 0.4) is 0 Å². The highest BCUT2D eigenvalue weighted by Crippen LogP contribution is 2.65. The smallest absolute Gasteiger partial charge is 0.330 e. The molecule has 1 aromatic rings. The van der Waals surface area contributed by atoms with Gasteiger partial charge in [0.15, 0.2) is 0 Å². The van der Waals surface area contributed by atoms with Gasteiger partial charge in [-0.2, -0.15) is 0 Å². The van der Waals surface area contributed by atoms with Crippen molar-refractivity contribution in [2.45, 2.75) is 65.1 Å². The third-order valence-electron chi connectivity index (χ3n) is 8.45. The van der Waals surface area contributed by atoms with E-state index >= 15 is 0 Å². The number of carbonyl (C=O) groups is 1. The van der Waals surface area contributed by atoms with Gasteiger partial charge in [0.05, 0.1) is 0 Å². The van der Waals surface area contributed by atoms with E-state index in [1.165, 1.54) is 12.8 Å². The van der Waals surface area contributed by atoms with Gasteiger partial charge in [0.2, 0.25) is 0 Å². The Morgan fingerprint density at radius 3 is 2.75 bits per heavy atom. The van der Waals surface area contributed by atoms with E-state index in [0.29, 0.717) is 35.1 Å². The Bertz CT molecular complexity index is 796. The third kappa shape index (κ3) is 2.69. The third-order valence-corrected chi connectivity index (χ3v) is 8.45. The fourth-order valence-electron chi connectivity index (χ4n) is 7.11. The highest BCUT2D eigenvalue weighted by Gasteiger charge is 2.61. The lowest BCUT2D eigenvalue weighted by atomic mass is 9.47. The van der Waals surface area contributed by atoms with Gasteiger partial charge in [-0.05, 0) is 67.3 Å². The molecule has 5 rings (SSSR count). The van der Waals surface area contributed by atoms with Gasteiger partial charge in [-0.3, -0.25) is 0 Å². The second-order valence-electron chi connectivity index (χ2n) is 10.0. The van der Waals surface area contributed by atoms with E-state index in [4.69, 9.17) is 9.47 Å². The Hall–Kier alpha value is -1.91. The van der Waals surface area contributed by atoms with Crippen LogP contribution in [0.5, 0.6) is 6.01 Å². The Balaban J connectivity index is 1.42. The minimum absolute atomic E-state index is 0.0248. The summed E-state index contributed by atoms with van der Waals surface area (Å²) in [5, 5.41) is 0. The zero-order valence-corrected chi connectivity index (χ0v) is 17.0. The lowest BCUT2D eigenvalue weighted by molar-refractivity contribution is -0.173. The summed E-state index contributed by atoms with van der Waals surface area (Å²) in [6, 6.07) is 2.32. The standard InChI is InChI=1S/C23H30N2O3/c1-14-11-18-23(3,8-6-19(26)28-18)16-5-7-22(2)13-15(12-17(22)20(14)16)27-21-24-9-4-10-25-21/h4,6,8-10,14-18,20H,5,7,11-13H2,1-3H3/t14?,15?,16-,17+,18?,20-,22-,23-/m1/s1. The monoisotopic (exact) mass is 382 g/mol. The molecule has 0 N–H and O–H groups in total. The first-order valence-electron chi connectivity index (χ1n) is 10.7. The Morgan fingerprint density at radius 1 is 1.18 bits per heavy atom. The molecule has 5 nitrogen and oxygen atoms in total. The van der Waals surface area contributed by atoms with Crippen LogP contribution in [0.2, 0.25) is 0 Å². The van der Waals surface area contributed by atoms with Crippen molar-refractivity contribution >= 4 is 5.97 Å². The molecule has 150 valence electrons. The van der Waals surface area contributed by atoms with E-state index in [2.05, 4.69) is 36.8 Å². The lowest BCUT2D eigenvalue weighted by Gasteiger charge is -2.59. The molecule has 28 heavy (non-hydrogen) atoms. The molecule has 8 atom stereocenters. The predicted octanol–water partition coefficient (Wildman–Crippen LogP) is 4.19. The first kappa shape index (κ1) is 18.1. The first-order chi connectivity index (χ1) is 13.4. The molecule has 5 heteroatoms. The first-order valence-corrected chi connectivity index (χ1v) is 10.7. The van der Waals surface area contributed by atoms with E-state index in [9.17, 15) is 4.79 Å². The van der Waals surface area contributed by atoms with Crippen LogP contribution in [0.25, 0.3) is 0 Å². The van der Waals surface area contributed by atoms with Crippen molar-refractivity contribution < 1.29 is 14.3 Å². The van der Waals surface area contributed by atoms with Crippen LogP contribution in [0, 0.1) is 34.5 Å². The van der Waals surface area contributed by atoms with Gasteiger partial charge >= 0.3 is 12.0 Å². The summed E-state index contributed by atoms with van der Waals surface area (Å²) < 4.78 is 12.0. The number of nitrogens with zero attached hydrogens (tertiary/aromatic N) is 2. The number of rotatable bonds is 2. The average Bonchev–Trinajstić information content (AvgIpc) is 3.00. The topological polar surface area (TPSA) is 61.3 Å². The second-order valence-corrected chi connectivity index (χ2v) is 10.0. The van der Waals surface area contributed by atoms with Crippen molar-refractivity contribution in [2.24, 2.45) is 34.5 Å². The largest absolute Gasteiger partial charge is 0.460 e. The number of aromatic nitrogens is 2. The molecule has 0 radical (unpaired) electrons. The molecule has 3 aliphatic carbocycles. The molecule has 4 aliphatic rings. The summed E-state index contributed by atoms with van der Waals surface area (Å²) in [5.41, 5.74) is 0.279. The van der Waals surface area contributed by atoms with Gasteiger partial charge in [0.25, 0.3) is 0 Å². The average molecular weight is 383 g/mol. The maximum atomic E-state index is 11.8. The van der Waals surface area contributed by atoms with Crippen molar-refractivity contribution in [2.75, 3.05) is 0 Å². The fourth-order valence-corrected chi connectivity index (χ4v) is 7.11. The SMILES string of the molecule is CC1CC2OC(=O)C=C[C@]2(C)[C@@H]2CC[C@]3(C)CC(Oc4ncccn4)C[C@H]3[C@H]12. The van der Waals surface area contributed by atoms with Gasteiger partial charge in [0.1, 0.15) is 12.2 Å². The van der Waals surface area contributed by atoms with Crippen LogP contribution >= 0.6 is 0 Å². The van der Waals surface area contributed by atoms with Gasteiger partial charge in [-0.1, -0.05) is 26.8 Å². The van der Waals surface area contributed by atoms with Gasteiger partial charge in [-0.25, -0.2) is 14.8 Å². The van der Waals surface area contributed by atoms with E-state index < -0.39 is 0 Å². The maximum absolute atomic E-state index is 11.8. The normalized spacial score (nSPS) is 46.9. The number of esters is 1. The van der Waals surface area contributed by atoms with Crippen LogP contribution in [-0.4, -0.2) is 28.1 Å². The number of hydrogen-bond acceptors (Lipinski definition) is 5. The molecule has 0 amide bonds. The zero-order chi connectivity index (χ0) is 19.5. The second kappa shape index (κ2) is 6.30.